The van der Waals surface area contributed by atoms with E-state index in [1.165, 1.54) is 51.5 Å². The summed E-state index contributed by atoms with van der Waals surface area (Å²) in [7, 11) is 0. The molecular weight excluding hydrogens is 522 g/mol. The Morgan fingerprint density at radius 2 is 1.95 bits per heavy atom. The molecule has 216 valence electrons. The van der Waals surface area contributed by atoms with E-state index in [1.54, 1.807) is 30.3 Å². The predicted molar refractivity (Wildman–Crippen MR) is 155 cm³/mol. The molecule has 0 saturated heterocycles. The lowest BCUT2D eigenvalue weighted by molar-refractivity contribution is -0.128. The molecule has 40 heavy (non-hydrogen) atoms. The Labute approximate surface area is 242 Å². The average molecular weight is 566 g/mol. The van der Waals surface area contributed by atoms with Gasteiger partial charge in [-0.1, -0.05) is 32.3 Å². The van der Waals surface area contributed by atoms with Gasteiger partial charge in [0.15, 0.2) is 0 Å². The van der Waals surface area contributed by atoms with Gasteiger partial charge in [-0.05, 0) is 111 Å². The van der Waals surface area contributed by atoms with E-state index in [2.05, 4.69) is 10.6 Å². The third kappa shape index (κ3) is 4.73. The van der Waals surface area contributed by atoms with Crippen molar-refractivity contribution in [1.82, 2.24) is 15.5 Å². The molecule has 6 rings (SSSR count). The molecule has 3 bridgehead atoms. The van der Waals surface area contributed by atoms with Gasteiger partial charge in [0.05, 0.1) is 11.1 Å². The lowest BCUT2D eigenvalue weighted by Gasteiger charge is -2.49. The lowest BCUT2D eigenvalue weighted by atomic mass is 9.55. The maximum Gasteiger partial charge on any atom is 0.263 e. The second-order valence-corrected chi connectivity index (χ2v) is 14.4. The summed E-state index contributed by atoms with van der Waals surface area (Å²) in [5.74, 6) is 2.50. The molecule has 1 aromatic carbocycles. The molecule has 7 nitrogen and oxygen atoms in total. The van der Waals surface area contributed by atoms with E-state index in [0.29, 0.717) is 35.8 Å². The van der Waals surface area contributed by atoms with Crippen molar-refractivity contribution in [2.24, 2.45) is 28.6 Å². The molecule has 6 unspecified atom stereocenters. The number of amides is 4. The normalized spacial score (nSPS) is 31.7. The minimum absolute atomic E-state index is 0.297. The molecule has 0 radical (unpaired) electrons. The summed E-state index contributed by atoms with van der Waals surface area (Å²) in [5, 5.41) is 5.96. The summed E-state index contributed by atoms with van der Waals surface area (Å²) < 4.78 is 0. The van der Waals surface area contributed by atoms with E-state index in [1.807, 2.05) is 13.0 Å². The largest absolute Gasteiger partial charge is 0.316 e. The smallest absolute Gasteiger partial charge is 0.263 e. The van der Waals surface area contributed by atoms with E-state index >= 15 is 0 Å². The number of hydrogen-bond donors (Lipinski definition) is 2. The fourth-order valence-electron chi connectivity index (χ4n) is 9.47. The van der Waals surface area contributed by atoms with E-state index in [4.69, 9.17) is 0 Å². The Hall–Kier alpha value is -2.19. The maximum atomic E-state index is 13.3. The summed E-state index contributed by atoms with van der Waals surface area (Å²) in [6.07, 6.45) is 14.9. The topological polar surface area (TPSA) is 95.6 Å². The zero-order chi connectivity index (χ0) is 27.9. The van der Waals surface area contributed by atoms with Gasteiger partial charge in [0, 0.05) is 11.4 Å². The van der Waals surface area contributed by atoms with Crippen molar-refractivity contribution in [2.45, 2.75) is 94.9 Å². The van der Waals surface area contributed by atoms with Gasteiger partial charge in [-0.3, -0.25) is 29.4 Å². The van der Waals surface area contributed by atoms with Crippen LogP contribution in [-0.2, 0) is 9.59 Å². The van der Waals surface area contributed by atoms with Crippen molar-refractivity contribution in [3.8, 4) is 0 Å². The van der Waals surface area contributed by atoms with E-state index in [-0.39, 0.29) is 0 Å². The second-order valence-electron chi connectivity index (χ2n) is 13.3. The number of unbranched alkanes of at least 4 members (excludes halogenated alkanes) is 3. The van der Waals surface area contributed by atoms with Gasteiger partial charge in [0.25, 0.3) is 11.8 Å². The summed E-state index contributed by atoms with van der Waals surface area (Å²) in [4.78, 5) is 51.5. The highest BCUT2D eigenvalue weighted by molar-refractivity contribution is 7.99. The molecule has 6 atom stereocenters. The Kier molecular flexibility index (Phi) is 7.85. The minimum atomic E-state index is -0.984. The van der Waals surface area contributed by atoms with Crippen LogP contribution in [0.5, 0.6) is 0 Å². The number of benzene rings is 1. The first-order valence-electron chi connectivity index (χ1n) is 15.5. The van der Waals surface area contributed by atoms with E-state index in [0.717, 1.165) is 58.1 Å². The highest BCUT2D eigenvalue weighted by Crippen LogP contribution is 2.78. The van der Waals surface area contributed by atoms with Crippen LogP contribution in [0.25, 0.3) is 0 Å². The van der Waals surface area contributed by atoms with Crippen molar-refractivity contribution < 1.29 is 19.2 Å². The number of carbonyl (C=O) groups is 4. The van der Waals surface area contributed by atoms with Crippen molar-refractivity contribution in [1.29, 1.82) is 0 Å². The fraction of sp³-hybridized carbons (Fsp3) is 0.688. The number of carbonyl (C=O) groups excluding carboxylic acids is 4. The van der Waals surface area contributed by atoms with Crippen molar-refractivity contribution in [3.63, 3.8) is 0 Å². The standard InChI is InChI=1S/C32H43N3O4S/c1-2-8-25(28(37)34-20-36)35-29(38)24-9-7-10-26(27(24)30(35)39)40-12-6-4-3-5-11-33-19-31-15-21-13-22-14-23(17-31)32(22,16-21)18-31/h7,9-10,20-23,25,33H,2-6,8,11-19H2,1H3,(H,34,36,37). The van der Waals surface area contributed by atoms with Gasteiger partial charge in [-0.2, -0.15) is 0 Å². The molecule has 8 heteroatoms. The molecule has 1 heterocycles. The Morgan fingerprint density at radius 1 is 1.10 bits per heavy atom. The van der Waals surface area contributed by atoms with Gasteiger partial charge in [-0.25, -0.2) is 0 Å². The number of nitrogens with zero attached hydrogens (tertiary/aromatic N) is 1. The van der Waals surface area contributed by atoms with Crippen molar-refractivity contribution in [2.75, 3.05) is 18.8 Å². The van der Waals surface area contributed by atoms with Crippen molar-refractivity contribution >= 4 is 35.9 Å². The van der Waals surface area contributed by atoms with Crippen LogP contribution < -0.4 is 10.6 Å². The van der Waals surface area contributed by atoms with Gasteiger partial charge >= 0.3 is 0 Å². The van der Waals surface area contributed by atoms with Crippen LogP contribution in [0.15, 0.2) is 23.1 Å². The van der Waals surface area contributed by atoms with Crippen LogP contribution in [-0.4, -0.2) is 53.9 Å². The monoisotopic (exact) mass is 565 g/mol. The molecule has 5 aliphatic rings. The molecule has 0 aromatic heterocycles. The molecule has 4 amide bonds. The predicted octanol–water partition coefficient (Wildman–Crippen LogP) is 5.18. The molecule has 1 spiro atoms. The Morgan fingerprint density at radius 3 is 2.77 bits per heavy atom. The number of nitrogens with one attached hydrogen (secondary N) is 2. The molecule has 4 fully saturated rings. The number of imide groups is 2. The third-order valence-electron chi connectivity index (χ3n) is 10.9. The number of hydrogen-bond acceptors (Lipinski definition) is 6. The third-order valence-corrected chi connectivity index (χ3v) is 12.0. The van der Waals surface area contributed by atoms with Gasteiger partial charge in [-0.15, -0.1) is 11.8 Å². The van der Waals surface area contributed by atoms with Crippen LogP contribution in [0.3, 0.4) is 0 Å². The maximum absolute atomic E-state index is 13.3. The molecule has 1 aliphatic heterocycles. The lowest BCUT2D eigenvalue weighted by Crippen LogP contribution is -2.49. The average Bonchev–Trinajstić information content (AvgIpc) is 3.39. The SMILES string of the molecule is CCCC(C(=O)NC=O)N1C(=O)c2cccc(SCCCCCCNCC34CC5CC6CC(C3)C6(C5)C4)c2C1=O. The first-order chi connectivity index (χ1) is 19.4. The van der Waals surface area contributed by atoms with E-state index in [9.17, 15) is 19.2 Å². The zero-order valence-electron chi connectivity index (χ0n) is 23.7. The number of rotatable bonds is 15. The first-order valence-corrected chi connectivity index (χ1v) is 16.5. The Bertz CT molecular complexity index is 1180. The molecular formula is C32H43N3O4S. The van der Waals surface area contributed by atoms with Crippen LogP contribution in [0.2, 0.25) is 0 Å². The summed E-state index contributed by atoms with van der Waals surface area (Å²) in [5.41, 5.74) is 2.12. The number of thioether (sulfide) groups is 1. The highest BCUT2D eigenvalue weighted by atomic mass is 32.2. The summed E-state index contributed by atoms with van der Waals surface area (Å²) >= 11 is 1.61. The quantitative estimate of drug-likeness (QED) is 0.132. The molecule has 1 aromatic rings. The second kappa shape index (κ2) is 11.2. The molecule has 4 saturated carbocycles. The van der Waals surface area contributed by atoms with Gasteiger partial charge in [0.1, 0.15) is 6.04 Å². The van der Waals surface area contributed by atoms with Gasteiger partial charge < -0.3 is 5.32 Å². The summed E-state index contributed by atoms with van der Waals surface area (Å²) in [6, 6.07) is 4.35. The number of fused-ring (bicyclic) bond motifs is 3. The van der Waals surface area contributed by atoms with Crippen LogP contribution in [0.1, 0.15) is 105 Å². The highest BCUT2D eigenvalue weighted by Gasteiger charge is 2.70. The van der Waals surface area contributed by atoms with E-state index < -0.39 is 23.8 Å². The zero-order valence-corrected chi connectivity index (χ0v) is 24.5. The first kappa shape index (κ1) is 28.0. The summed E-state index contributed by atoms with van der Waals surface area (Å²) in [6.45, 7) is 4.21. The minimum Gasteiger partial charge on any atom is -0.316 e. The van der Waals surface area contributed by atoms with Crippen LogP contribution in [0, 0.1) is 28.6 Å². The molecule has 4 aliphatic carbocycles. The fourth-order valence-corrected chi connectivity index (χ4v) is 10.6. The van der Waals surface area contributed by atoms with Crippen LogP contribution in [0.4, 0.5) is 0 Å². The molecule has 2 N–H and O–H groups in total. The Balaban J connectivity index is 0.929. The van der Waals surface area contributed by atoms with Gasteiger partial charge in [0.2, 0.25) is 12.3 Å². The van der Waals surface area contributed by atoms with Crippen LogP contribution >= 0.6 is 11.8 Å². The van der Waals surface area contributed by atoms with Crippen molar-refractivity contribution in [3.05, 3.63) is 29.3 Å².